The summed E-state index contributed by atoms with van der Waals surface area (Å²) in [6.45, 7) is 0. The Morgan fingerprint density at radius 3 is 2.25 bits per heavy atom. The fourth-order valence-corrected chi connectivity index (χ4v) is 3.62. The van der Waals surface area contributed by atoms with Crippen LogP contribution in [0, 0.1) is 17.7 Å². The maximum absolute atomic E-state index is 13.3. The van der Waals surface area contributed by atoms with Gasteiger partial charge < -0.3 is 0 Å². The average molecular weight is 429 g/mol. The van der Waals surface area contributed by atoms with Gasteiger partial charge in [-0.1, -0.05) is 54.3 Å². The molecule has 1 nitrogen and oxygen atoms in total. The smallest absolute Gasteiger partial charge is 0.194 e. The molecule has 0 heterocycles. The van der Waals surface area contributed by atoms with Gasteiger partial charge in [0.05, 0.1) is 5.56 Å². The number of carbonyl (C=O) groups excluding carboxylic acids is 1. The van der Waals surface area contributed by atoms with Gasteiger partial charge in [-0.25, -0.2) is 4.39 Å². The lowest BCUT2D eigenvalue weighted by Gasteiger charge is -2.11. The SMILES string of the molecule is O=C(c1ccc(F)cc1)c1c(C#Cc2ccccc2)c(Br)cc2ccccc12. The van der Waals surface area contributed by atoms with Crippen molar-refractivity contribution in [2.45, 2.75) is 0 Å². The topological polar surface area (TPSA) is 17.1 Å². The van der Waals surface area contributed by atoms with Gasteiger partial charge in [0, 0.05) is 21.2 Å². The van der Waals surface area contributed by atoms with Crippen LogP contribution >= 0.6 is 15.9 Å². The van der Waals surface area contributed by atoms with E-state index < -0.39 is 0 Å². The highest BCUT2D eigenvalue weighted by Gasteiger charge is 2.19. The highest BCUT2D eigenvalue weighted by molar-refractivity contribution is 9.10. The Labute approximate surface area is 171 Å². The van der Waals surface area contributed by atoms with Gasteiger partial charge in [-0.2, -0.15) is 0 Å². The summed E-state index contributed by atoms with van der Waals surface area (Å²) in [5.41, 5.74) is 2.42. The van der Waals surface area contributed by atoms with Crippen LogP contribution in [0.5, 0.6) is 0 Å². The molecule has 0 aromatic heterocycles. The zero-order valence-electron chi connectivity index (χ0n) is 14.7. The molecule has 0 atom stereocenters. The van der Waals surface area contributed by atoms with Crippen LogP contribution in [0.4, 0.5) is 4.39 Å². The van der Waals surface area contributed by atoms with E-state index in [1.807, 2.05) is 60.7 Å². The first-order chi connectivity index (χ1) is 13.6. The lowest BCUT2D eigenvalue weighted by atomic mass is 9.92. The molecule has 0 saturated carbocycles. The molecule has 0 unspecified atom stereocenters. The summed E-state index contributed by atoms with van der Waals surface area (Å²) in [5, 5.41) is 1.75. The predicted octanol–water partition coefficient (Wildman–Crippen LogP) is 6.37. The molecule has 0 saturated heterocycles. The molecule has 0 aliphatic heterocycles. The summed E-state index contributed by atoms with van der Waals surface area (Å²) in [4.78, 5) is 13.3. The third-order valence-electron chi connectivity index (χ3n) is 4.44. The minimum atomic E-state index is -0.375. The van der Waals surface area contributed by atoms with Crippen molar-refractivity contribution >= 4 is 32.5 Å². The summed E-state index contributed by atoms with van der Waals surface area (Å²) < 4.78 is 14.1. The fourth-order valence-electron chi connectivity index (χ4n) is 3.07. The molecule has 0 aliphatic rings. The third-order valence-corrected chi connectivity index (χ3v) is 5.07. The van der Waals surface area contributed by atoms with Crippen molar-refractivity contribution in [1.29, 1.82) is 0 Å². The molecule has 4 aromatic rings. The van der Waals surface area contributed by atoms with Gasteiger partial charge in [-0.05, 0) is 69.2 Å². The van der Waals surface area contributed by atoms with E-state index in [1.165, 1.54) is 24.3 Å². The second kappa shape index (κ2) is 7.80. The molecule has 4 aromatic carbocycles. The van der Waals surface area contributed by atoms with Gasteiger partial charge in [0.25, 0.3) is 0 Å². The third kappa shape index (κ3) is 3.60. The quantitative estimate of drug-likeness (QED) is 0.267. The highest BCUT2D eigenvalue weighted by atomic mass is 79.9. The van der Waals surface area contributed by atoms with Crippen LogP contribution in [0.15, 0.2) is 89.4 Å². The molecule has 134 valence electrons. The zero-order chi connectivity index (χ0) is 19.5. The first kappa shape index (κ1) is 18.2. The molecular weight excluding hydrogens is 415 g/mol. The van der Waals surface area contributed by atoms with Crippen LogP contribution in [0.2, 0.25) is 0 Å². The number of carbonyl (C=O) groups is 1. The van der Waals surface area contributed by atoms with Crippen LogP contribution < -0.4 is 0 Å². The predicted molar refractivity (Wildman–Crippen MR) is 114 cm³/mol. The maximum atomic E-state index is 13.3. The Balaban J connectivity index is 1.95. The lowest BCUT2D eigenvalue weighted by Crippen LogP contribution is -2.06. The Kier molecular flexibility index (Phi) is 5.06. The standard InChI is InChI=1S/C25H14BrFO/c26-23-16-19-8-4-5-9-21(19)24(25(28)18-11-13-20(27)14-12-18)22(23)15-10-17-6-2-1-3-7-17/h1-9,11-14,16H. The van der Waals surface area contributed by atoms with Gasteiger partial charge >= 0.3 is 0 Å². The normalized spacial score (nSPS) is 10.4. The largest absolute Gasteiger partial charge is 0.289 e. The summed E-state index contributed by atoms with van der Waals surface area (Å²) in [6.07, 6.45) is 0. The molecule has 0 amide bonds. The van der Waals surface area contributed by atoms with E-state index >= 15 is 0 Å². The van der Waals surface area contributed by atoms with E-state index in [9.17, 15) is 9.18 Å². The molecule has 28 heavy (non-hydrogen) atoms. The molecule has 0 spiro atoms. The van der Waals surface area contributed by atoms with E-state index in [1.54, 1.807) is 0 Å². The number of hydrogen-bond acceptors (Lipinski definition) is 1. The van der Waals surface area contributed by atoms with E-state index in [2.05, 4.69) is 27.8 Å². The number of ketones is 1. The van der Waals surface area contributed by atoms with E-state index in [0.717, 1.165) is 20.8 Å². The van der Waals surface area contributed by atoms with Gasteiger partial charge in [0.15, 0.2) is 5.78 Å². The second-order valence-corrected chi connectivity index (χ2v) is 7.14. The van der Waals surface area contributed by atoms with Crippen molar-refractivity contribution in [3.8, 4) is 11.8 Å². The minimum absolute atomic E-state index is 0.185. The number of benzene rings is 4. The molecule has 3 heteroatoms. The molecule has 0 fully saturated rings. The van der Waals surface area contributed by atoms with Crippen molar-refractivity contribution in [3.05, 3.63) is 117 Å². The van der Waals surface area contributed by atoms with E-state index in [0.29, 0.717) is 16.7 Å². The van der Waals surface area contributed by atoms with Crippen LogP contribution in [0.25, 0.3) is 10.8 Å². The van der Waals surface area contributed by atoms with Crippen LogP contribution in [-0.4, -0.2) is 5.78 Å². The van der Waals surface area contributed by atoms with Crippen LogP contribution in [-0.2, 0) is 0 Å². The Bertz CT molecular complexity index is 1230. The summed E-state index contributed by atoms with van der Waals surface area (Å²) in [7, 11) is 0. The lowest BCUT2D eigenvalue weighted by molar-refractivity contribution is 0.104. The van der Waals surface area contributed by atoms with E-state index in [-0.39, 0.29) is 11.6 Å². The van der Waals surface area contributed by atoms with Crippen molar-refractivity contribution in [1.82, 2.24) is 0 Å². The number of halogens is 2. The van der Waals surface area contributed by atoms with Crippen LogP contribution in [0.3, 0.4) is 0 Å². The fraction of sp³-hybridized carbons (Fsp3) is 0. The Hall–Kier alpha value is -3.22. The van der Waals surface area contributed by atoms with Crippen molar-refractivity contribution in [3.63, 3.8) is 0 Å². The van der Waals surface area contributed by atoms with Gasteiger partial charge in [0.1, 0.15) is 5.82 Å². The first-order valence-corrected chi connectivity index (χ1v) is 9.51. The van der Waals surface area contributed by atoms with Gasteiger partial charge in [-0.15, -0.1) is 0 Å². The molecule has 0 N–H and O–H groups in total. The number of rotatable bonds is 2. The number of hydrogen-bond donors (Lipinski definition) is 0. The van der Waals surface area contributed by atoms with E-state index in [4.69, 9.17) is 0 Å². The number of fused-ring (bicyclic) bond motifs is 1. The minimum Gasteiger partial charge on any atom is -0.289 e. The van der Waals surface area contributed by atoms with Crippen molar-refractivity contribution in [2.75, 3.05) is 0 Å². The second-order valence-electron chi connectivity index (χ2n) is 6.28. The highest BCUT2D eigenvalue weighted by Crippen LogP contribution is 2.31. The maximum Gasteiger partial charge on any atom is 0.194 e. The monoisotopic (exact) mass is 428 g/mol. The van der Waals surface area contributed by atoms with Crippen molar-refractivity contribution < 1.29 is 9.18 Å². The summed E-state index contributed by atoms with van der Waals surface area (Å²) >= 11 is 3.58. The molecule has 0 bridgehead atoms. The van der Waals surface area contributed by atoms with Gasteiger partial charge in [-0.3, -0.25) is 4.79 Å². The zero-order valence-corrected chi connectivity index (χ0v) is 16.3. The molecule has 0 radical (unpaired) electrons. The van der Waals surface area contributed by atoms with Crippen LogP contribution in [0.1, 0.15) is 27.0 Å². The van der Waals surface area contributed by atoms with Crippen molar-refractivity contribution in [2.24, 2.45) is 0 Å². The van der Waals surface area contributed by atoms with Gasteiger partial charge in [0.2, 0.25) is 0 Å². The molecular formula is C25H14BrFO. The summed E-state index contributed by atoms with van der Waals surface area (Å²) in [5.74, 6) is 5.73. The Morgan fingerprint density at radius 2 is 1.50 bits per heavy atom. The first-order valence-electron chi connectivity index (χ1n) is 8.72. The summed E-state index contributed by atoms with van der Waals surface area (Å²) in [6, 6.07) is 24.9. The molecule has 4 rings (SSSR count). The molecule has 0 aliphatic carbocycles. The average Bonchev–Trinajstić information content (AvgIpc) is 2.72. The Morgan fingerprint density at radius 1 is 0.821 bits per heavy atom.